The molecule has 1 aromatic rings. The van der Waals surface area contributed by atoms with E-state index in [9.17, 15) is 10.1 Å². The van der Waals surface area contributed by atoms with Crippen LogP contribution < -0.4 is 5.32 Å². The predicted molar refractivity (Wildman–Crippen MR) is 85.3 cm³/mol. The van der Waals surface area contributed by atoms with E-state index in [2.05, 4.69) is 26.1 Å². The molecule has 0 bridgehead atoms. The quantitative estimate of drug-likeness (QED) is 0.667. The first kappa shape index (κ1) is 14.9. The van der Waals surface area contributed by atoms with Crippen molar-refractivity contribution >= 4 is 21.6 Å². The summed E-state index contributed by atoms with van der Waals surface area (Å²) in [6.07, 6.45) is 4.96. The molecule has 0 saturated carbocycles. The van der Waals surface area contributed by atoms with Gasteiger partial charge in [0, 0.05) is 35.2 Å². The third-order valence-corrected chi connectivity index (χ3v) is 4.97. The molecule has 114 valence electrons. The van der Waals surface area contributed by atoms with Crippen molar-refractivity contribution in [2.24, 2.45) is 0 Å². The van der Waals surface area contributed by atoms with E-state index in [4.69, 9.17) is 0 Å². The van der Waals surface area contributed by atoms with Crippen LogP contribution in [0.15, 0.2) is 22.7 Å². The Balaban J connectivity index is 1.74. The maximum absolute atomic E-state index is 11.0. The number of nitrogens with zero attached hydrogens (tertiary/aromatic N) is 2. The Morgan fingerprint density at radius 1 is 1.33 bits per heavy atom. The van der Waals surface area contributed by atoms with Crippen LogP contribution in [0.4, 0.5) is 5.69 Å². The summed E-state index contributed by atoms with van der Waals surface area (Å²) in [4.78, 5) is 13.1. The lowest BCUT2D eigenvalue weighted by Crippen LogP contribution is -2.43. The minimum Gasteiger partial charge on any atom is -0.312 e. The highest BCUT2D eigenvalue weighted by molar-refractivity contribution is 9.10. The summed E-state index contributed by atoms with van der Waals surface area (Å²) >= 11 is 3.38. The molecular weight excluding hydrogens is 334 g/mol. The van der Waals surface area contributed by atoms with Gasteiger partial charge in [0.25, 0.3) is 5.69 Å². The standard InChI is InChI=1S/C15H20BrN3O2/c16-12-7-11(8-13(9-12)19(20)21)10-18-6-2-4-15(18)14-3-1-5-17-14/h7-9,14-15,17H,1-6,10H2. The third-order valence-electron chi connectivity index (χ3n) is 4.52. The van der Waals surface area contributed by atoms with Crippen molar-refractivity contribution in [3.8, 4) is 0 Å². The van der Waals surface area contributed by atoms with E-state index < -0.39 is 0 Å². The number of halogens is 1. The molecule has 0 aliphatic carbocycles. The summed E-state index contributed by atoms with van der Waals surface area (Å²) < 4.78 is 0.779. The molecule has 2 heterocycles. The van der Waals surface area contributed by atoms with E-state index in [1.54, 1.807) is 12.1 Å². The monoisotopic (exact) mass is 353 g/mol. The highest BCUT2D eigenvalue weighted by Gasteiger charge is 2.33. The molecule has 2 unspecified atom stereocenters. The molecular formula is C15H20BrN3O2. The second-order valence-electron chi connectivity index (χ2n) is 5.96. The minimum atomic E-state index is -0.325. The summed E-state index contributed by atoms with van der Waals surface area (Å²) in [5.41, 5.74) is 1.18. The number of nitro benzene ring substituents is 1. The van der Waals surface area contributed by atoms with Crippen LogP contribution in [-0.2, 0) is 6.54 Å². The maximum Gasteiger partial charge on any atom is 0.270 e. The average molecular weight is 354 g/mol. The number of hydrogen-bond acceptors (Lipinski definition) is 4. The smallest absolute Gasteiger partial charge is 0.270 e. The Morgan fingerprint density at radius 3 is 2.90 bits per heavy atom. The van der Waals surface area contributed by atoms with Crippen LogP contribution in [0.3, 0.4) is 0 Å². The maximum atomic E-state index is 11.0. The number of nitro groups is 1. The molecule has 0 radical (unpaired) electrons. The normalized spacial score (nSPS) is 26.3. The van der Waals surface area contributed by atoms with Crippen molar-refractivity contribution in [2.75, 3.05) is 13.1 Å². The van der Waals surface area contributed by atoms with E-state index in [-0.39, 0.29) is 10.6 Å². The molecule has 2 saturated heterocycles. The number of benzene rings is 1. The summed E-state index contributed by atoms with van der Waals surface area (Å²) in [6.45, 7) is 3.00. The van der Waals surface area contributed by atoms with Crippen LogP contribution in [0.25, 0.3) is 0 Å². The lowest BCUT2D eigenvalue weighted by molar-refractivity contribution is -0.385. The highest BCUT2D eigenvalue weighted by Crippen LogP contribution is 2.28. The lowest BCUT2D eigenvalue weighted by atomic mass is 10.0. The minimum absolute atomic E-state index is 0.161. The SMILES string of the molecule is O=[N+]([O-])c1cc(Br)cc(CN2CCCC2C2CCCN2)c1. The van der Waals surface area contributed by atoms with Gasteiger partial charge in [0.05, 0.1) is 4.92 Å². The zero-order valence-electron chi connectivity index (χ0n) is 11.9. The van der Waals surface area contributed by atoms with Crippen LogP contribution in [0.2, 0.25) is 0 Å². The number of non-ortho nitro benzene ring substituents is 1. The van der Waals surface area contributed by atoms with Crippen LogP contribution in [0, 0.1) is 10.1 Å². The predicted octanol–water partition coefficient (Wildman–Crippen LogP) is 3.07. The van der Waals surface area contributed by atoms with E-state index in [0.717, 1.165) is 29.7 Å². The molecule has 0 spiro atoms. The average Bonchev–Trinajstić information content (AvgIpc) is 3.08. The van der Waals surface area contributed by atoms with Gasteiger partial charge in [-0.1, -0.05) is 15.9 Å². The second kappa shape index (κ2) is 6.42. The Labute approximate surface area is 133 Å². The number of rotatable bonds is 4. The third kappa shape index (κ3) is 3.44. The summed E-state index contributed by atoms with van der Waals surface area (Å²) in [5.74, 6) is 0. The zero-order chi connectivity index (χ0) is 14.8. The van der Waals surface area contributed by atoms with E-state index in [0.29, 0.717) is 12.1 Å². The number of hydrogen-bond donors (Lipinski definition) is 1. The molecule has 21 heavy (non-hydrogen) atoms. The Bertz CT molecular complexity index is 532. The molecule has 5 nitrogen and oxygen atoms in total. The van der Waals surface area contributed by atoms with E-state index in [1.165, 1.54) is 25.7 Å². The summed E-state index contributed by atoms with van der Waals surface area (Å²) in [6, 6.07) is 6.41. The summed E-state index contributed by atoms with van der Waals surface area (Å²) in [5, 5.41) is 14.6. The first-order valence-electron chi connectivity index (χ1n) is 7.55. The first-order valence-corrected chi connectivity index (χ1v) is 8.34. The van der Waals surface area contributed by atoms with Gasteiger partial charge in [0.2, 0.25) is 0 Å². The van der Waals surface area contributed by atoms with Crippen LogP contribution in [0.5, 0.6) is 0 Å². The van der Waals surface area contributed by atoms with Crippen LogP contribution in [0.1, 0.15) is 31.2 Å². The van der Waals surface area contributed by atoms with Gasteiger partial charge >= 0.3 is 0 Å². The van der Waals surface area contributed by atoms with Gasteiger partial charge in [-0.3, -0.25) is 15.0 Å². The van der Waals surface area contributed by atoms with Gasteiger partial charge < -0.3 is 5.32 Å². The van der Waals surface area contributed by atoms with Crippen molar-refractivity contribution in [3.05, 3.63) is 38.3 Å². The van der Waals surface area contributed by atoms with Gasteiger partial charge in [0.15, 0.2) is 0 Å². The molecule has 0 aromatic heterocycles. The molecule has 2 fully saturated rings. The first-order chi connectivity index (χ1) is 10.1. The molecule has 6 heteroatoms. The van der Waals surface area contributed by atoms with Gasteiger partial charge in [-0.2, -0.15) is 0 Å². The van der Waals surface area contributed by atoms with Crippen molar-refractivity contribution in [2.45, 2.75) is 44.3 Å². The fraction of sp³-hybridized carbons (Fsp3) is 0.600. The zero-order valence-corrected chi connectivity index (χ0v) is 13.5. The largest absolute Gasteiger partial charge is 0.312 e. The Kier molecular flexibility index (Phi) is 4.57. The molecule has 1 aromatic carbocycles. The van der Waals surface area contributed by atoms with Crippen LogP contribution >= 0.6 is 15.9 Å². The highest BCUT2D eigenvalue weighted by atomic mass is 79.9. The van der Waals surface area contributed by atoms with E-state index in [1.807, 2.05) is 6.07 Å². The van der Waals surface area contributed by atoms with Crippen molar-refractivity contribution in [3.63, 3.8) is 0 Å². The fourth-order valence-electron chi connectivity index (χ4n) is 3.61. The Morgan fingerprint density at radius 2 is 2.19 bits per heavy atom. The molecule has 2 aliphatic heterocycles. The number of likely N-dealkylation sites (tertiary alicyclic amines) is 1. The summed E-state index contributed by atoms with van der Waals surface area (Å²) in [7, 11) is 0. The molecule has 2 aliphatic rings. The number of nitrogens with one attached hydrogen (secondary N) is 1. The fourth-order valence-corrected chi connectivity index (χ4v) is 4.14. The van der Waals surface area contributed by atoms with Gasteiger partial charge in [0.1, 0.15) is 0 Å². The van der Waals surface area contributed by atoms with E-state index >= 15 is 0 Å². The van der Waals surface area contributed by atoms with Crippen molar-refractivity contribution in [1.29, 1.82) is 0 Å². The second-order valence-corrected chi connectivity index (χ2v) is 6.87. The van der Waals surface area contributed by atoms with Crippen molar-refractivity contribution < 1.29 is 4.92 Å². The van der Waals surface area contributed by atoms with Gasteiger partial charge in [-0.05, 0) is 50.4 Å². The van der Waals surface area contributed by atoms with Gasteiger partial charge in [-0.25, -0.2) is 0 Å². The molecule has 0 amide bonds. The topological polar surface area (TPSA) is 58.4 Å². The lowest BCUT2D eigenvalue weighted by Gasteiger charge is -2.29. The molecule has 2 atom stereocenters. The molecule has 3 rings (SSSR count). The van der Waals surface area contributed by atoms with Gasteiger partial charge in [-0.15, -0.1) is 0 Å². The Hall–Kier alpha value is -0.980. The van der Waals surface area contributed by atoms with Crippen molar-refractivity contribution in [1.82, 2.24) is 10.2 Å². The van der Waals surface area contributed by atoms with Crippen LogP contribution in [-0.4, -0.2) is 35.0 Å². The molecule has 1 N–H and O–H groups in total.